The Kier molecular flexibility index (Phi) is 6.49. The number of hydrogen-bond acceptors (Lipinski definition) is 6. The maximum atomic E-state index is 11.2. The summed E-state index contributed by atoms with van der Waals surface area (Å²) in [5.74, 6) is 0.820. The molecule has 1 heterocycles. The van der Waals surface area contributed by atoms with E-state index in [0.717, 1.165) is 6.42 Å². The summed E-state index contributed by atoms with van der Waals surface area (Å²) in [7, 11) is 0. The number of nitrogens with zero attached hydrogens (tertiary/aromatic N) is 1. The van der Waals surface area contributed by atoms with Gasteiger partial charge in [-0.2, -0.15) is 4.98 Å². The molecule has 0 fully saturated rings. The third-order valence-electron chi connectivity index (χ3n) is 2.27. The molecule has 0 aliphatic carbocycles. The molecule has 106 valence electrons. The van der Waals surface area contributed by atoms with E-state index in [2.05, 4.69) is 10.3 Å². The molecule has 0 saturated carbocycles. The van der Waals surface area contributed by atoms with Crippen LogP contribution in [0.5, 0.6) is 5.88 Å². The van der Waals surface area contributed by atoms with Crippen LogP contribution in [0.15, 0.2) is 12.1 Å². The van der Waals surface area contributed by atoms with E-state index in [1.54, 1.807) is 19.1 Å². The second kappa shape index (κ2) is 8.18. The van der Waals surface area contributed by atoms with Crippen molar-refractivity contribution in [2.24, 2.45) is 0 Å². The first-order valence-electron chi connectivity index (χ1n) is 6.46. The second-order valence-corrected chi connectivity index (χ2v) is 3.92. The van der Waals surface area contributed by atoms with E-state index in [1.807, 2.05) is 6.92 Å². The lowest BCUT2D eigenvalue weighted by Gasteiger charge is -2.10. The van der Waals surface area contributed by atoms with Gasteiger partial charge < -0.3 is 20.5 Å². The summed E-state index contributed by atoms with van der Waals surface area (Å²) in [6.45, 7) is 5.22. The fraction of sp³-hybridized carbons (Fsp3) is 0.538. The smallest absolute Gasteiger partial charge is 0.307 e. The lowest BCUT2D eigenvalue weighted by Crippen LogP contribution is -2.12. The first kappa shape index (κ1) is 15.1. The number of pyridine rings is 1. The van der Waals surface area contributed by atoms with Crippen LogP contribution in [0.4, 0.5) is 11.5 Å². The average Bonchev–Trinajstić information content (AvgIpc) is 2.39. The third-order valence-corrected chi connectivity index (χ3v) is 2.27. The van der Waals surface area contributed by atoms with Crippen LogP contribution in [-0.2, 0) is 9.53 Å². The van der Waals surface area contributed by atoms with Crippen molar-refractivity contribution in [1.82, 2.24) is 4.98 Å². The third kappa shape index (κ3) is 5.46. The normalized spacial score (nSPS) is 10.0. The van der Waals surface area contributed by atoms with Gasteiger partial charge in [0.15, 0.2) is 0 Å². The minimum atomic E-state index is -0.229. The van der Waals surface area contributed by atoms with E-state index in [4.69, 9.17) is 15.2 Å². The molecule has 0 spiro atoms. The van der Waals surface area contributed by atoms with Gasteiger partial charge >= 0.3 is 5.97 Å². The van der Waals surface area contributed by atoms with Crippen LogP contribution < -0.4 is 15.8 Å². The van der Waals surface area contributed by atoms with E-state index >= 15 is 0 Å². The fourth-order valence-corrected chi connectivity index (χ4v) is 1.39. The number of carbonyl (C=O) groups is 1. The average molecular weight is 267 g/mol. The predicted octanol–water partition coefficient (Wildman–Crippen LogP) is 1.82. The van der Waals surface area contributed by atoms with Gasteiger partial charge in [-0.1, -0.05) is 6.92 Å². The summed E-state index contributed by atoms with van der Waals surface area (Å²) < 4.78 is 10.3. The lowest BCUT2D eigenvalue weighted by atomic mass is 10.3. The molecule has 0 aliphatic rings. The molecule has 0 radical (unpaired) electrons. The van der Waals surface area contributed by atoms with E-state index < -0.39 is 0 Å². The molecule has 0 unspecified atom stereocenters. The summed E-state index contributed by atoms with van der Waals surface area (Å²) in [5, 5.41) is 3.03. The zero-order valence-electron chi connectivity index (χ0n) is 11.4. The fourth-order valence-electron chi connectivity index (χ4n) is 1.39. The monoisotopic (exact) mass is 267 g/mol. The Hall–Kier alpha value is -1.98. The molecule has 19 heavy (non-hydrogen) atoms. The first-order chi connectivity index (χ1) is 9.17. The molecule has 0 saturated heterocycles. The van der Waals surface area contributed by atoms with Gasteiger partial charge in [-0.15, -0.1) is 0 Å². The van der Waals surface area contributed by atoms with E-state index in [9.17, 15) is 4.79 Å². The predicted molar refractivity (Wildman–Crippen MR) is 74.2 cm³/mol. The van der Waals surface area contributed by atoms with Gasteiger partial charge in [0.05, 0.1) is 25.3 Å². The van der Waals surface area contributed by atoms with Crippen LogP contribution in [0.25, 0.3) is 0 Å². The molecular formula is C13H21N3O3. The highest BCUT2D eigenvalue weighted by atomic mass is 16.5. The van der Waals surface area contributed by atoms with Gasteiger partial charge in [0, 0.05) is 6.54 Å². The maximum absolute atomic E-state index is 11.2. The number of ether oxygens (including phenoxy) is 2. The number of nitrogens with one attached hydrogen (secondary N) is 1. The zero-order chi connectivity index (χ0) is 14.1. The standard InChI is InChI=1S/C13H21N3O3/c1-3-9-19-13-10(14)5-6-11(16-13)15-8-7-12(17)18-4-2/h5-6H,3-4,7-9,14H2,1-2H3,(H,15,16). The van der Waals surface area contributed by atoms with Gasteiger partial charge in [0.1, 0.15) is 5.82 Å². The Morgan fingerprint density at radius 3 is 2.89 bits per heavy atom. The molecule has 1 aromatic rings. The summed E-state index contributed by atoms with van der Waals surface area (Å²) in [5.41, 5.74) is 6.26. The van der Waals surface area contributed by atoms with Crippen molar-refractivity contribution in [3.05, 3.63) is 12.1 Å². The van der Waals surface area contributed by atoms with E-state index in [1.165, 1.54) is 0 Å². The Bertz CT molecular complexity index is 410. The molecule has 1 rings (SSSR count). The molecule has 6 heteroatoms. The van der Waals surface area contributed by atoms with Crippen LogP contribution in [0.3, 0.4) is 0 Å². The minimum absolute atomic E-state index is 0.229. The van der Waals surface area contributed by atoms with Gasteiger partial charge in [-0.25, -0.2) is 0 Å². The molecule has 0 aromatic carbocycles. The number of nitrogen functional groups attached to an aromatic ring is 1. The van der Waals surface area contributed by atoms with E-state index in [0.29, 0.717) is 43.6 Å². The highest BCUT2D eigenvalue weighted by Gasteiger charge is 2.05. The number of hydrogen-bond donors (Lipinski definition) is 2. The summed E-state index contributed by atoms with van der Waals surface area (Å²) >= 11 is 0. The van der Waals surface area contributed by atoms with Gasteiger partial charge in [-0.3, -0.25) is 4.79 Å². The molecule has 0 amide bonds. The van der Waals surface area contributed by atoms with Crippen molar-refractivity contribution in [3.63, 3.8) is 0 Å². The molecule has 6 nitrogen and oxygen atoms in total. The van der Waals surface area contributed by atoms with Crippen LogP contribution in [0.1, 0.15) is 26.7 Å². The second-order valence-electron chi connectivity index (χ2n) is 3.92. The molecule has 0 bridgehead atoms. The Balaban J connectivity index is 2.47. The number of aromatic nitrogens is 1. The van der Waals surface area contributed by atoms with Crippen LogP contribution in [0, 0.1) is 0 Å². The number of anilines is 2. The van der Waals surface area contributed by atoms with Gasteiger partial charge in [0.25, 0.3) is 0 Å². The van der Waals surface area contributed by atoms with Gasteiger partial charge in [0.2, 0.25) is 5.88 Å². The molecular weight excluding hydrogens is 246 g/mol. The summed E-state index contributed by atoms with van der Waals surface area (Å²) in [6, 6.07) is 3.48. The highest BCUT2D eigenvalue weighted by molar-refractivity contribution is 5.70. The van der Waals surface area contributed by atoms with Crippen LogP contribution >= 0.6 is 0 Å². The molecule has 0 aliphatic heterocycles. The minimum Gasteiger partial charge on any atom is -0.476 e. The Morgan fingerprint density at radius 1 is 1.42 bits per heavy atom. The van der Waals surface area contributed by atoms with Gasteiger partial charge in [-0.05, 0) is 25.5 Å². The van der Waals surface area contributed by atoms with Crippen molar-refractivity contribution in [3.8, 4) is 5.88 Å². The largest absolute Gasteiger partial charge is 0.476 e. The molecule has 1 aromatic heterocycles. The number of carbonyl (C=O) groups excluding carboxylic acids is 1. The van der Waals surface area contributed by atoms with E-state index in [-0.39, 0.29) is 5.97 Å². The first-order valence-corrected chi connectivity index (χ1v) is 6.46. The highest BCUT2D eigenvalue weighted by Crippen LogP contribution is 2.20. The quantitative estimate of drug-likeness (QED) is 0.699. The van der Waals surface area contributed by atoms with Crippen molar-refractivity contribution >= 4 is 17.5 Å². The maximum Gasteiger partial charge on any atom is 0.307 e. The Labute approximate surface area is 113 Å². The SMILES string of the molecule is CCCOc1nc(NCCC(=O)OCC)ccc1N. The Morgan fingerprint density at radius 2 is 2.21 bits per heavy atom. The van der Waals surface area contributed by atoms with Crippen LogP contribution in [-0.4, -0.2) is 30.7 Å². The zero-order valence-corrected chi connectivity index (χ0v) is 11.4. The number of rotatable bonds is 8. The van der Waals surface area contributed by atoms with Crippen LogP contribution in [0.2, 0.25) is 0 Å². The van der Waals surface area contributed by atoms with Crippen molar-refractivity contribution < 1.29 is 14.3 Å². The number of nitrogens with two attached hydrogens (primary N) is 1. The lowest BCUT2D eigenvalue weighted by molar-refractivity contribution is -0.142. The summed E-state index contributed by atoms with van der Waals surface area (Å²) in [6.07, 6.45) is 1.19. The van der Waals surface area contributed by atoms with Crippen molar-refractivity contribution in [2.45, 2.75) is 26.7 Å². The van der Waals surface area contributed by atoms with Crippen molar-refractivity contribution in [1.29, 1.82) is 0 Å². The summed E-state index contributed by atoms with van der Waals surface area (Å²) in [4.78, 5) is 15.4. The van der Waals surface area contributed by atoms with Crippen molar-refractivity contribution in [2.75, 3.05) is 30.8 Å². The molecule has 3 N–H and O–H groups in total. The number of esters is 1. The molecule has 0 atom stereocenters. The topological polar surface area (TPSA) is 86.5 Å².